The fraction of sp³-hybridized carbons (Fsp3) is 0.409. The molecule has 5 nitrogen and oxygen atoms in total. The number of nitrogens with zero attached hydrogens (tertiary/aromatic N) is 2. The second-order valence-electron chi connectivity index (χ2n) is 7.65. The van der Waals surface area contributed by atoms with Gasteiger partial charge in [-0.1, -0.05) is 24.3 Å². The molecule has 2 heterocycles. The summed E-state index contributed by atoms with van der Waals surface area (Å²) in [4.78, 5) is 31.1. The van der Waals surface area contributed by atoms with Gasteiger partial charge in [0.15, 0.2) is 0 Å². The summed E-state index contributed by atoms with van der Waals surface area (Å²) in [6, 6.07) is 9.81. The second kappa shape index (κ2) is 7.14. The molecule has 2 atom stereocenters. The maximum absolute atomic E-state index is 13.1. The van der Waals surface area contributed by atoms with Gasteiger partial charge < -0.3 is 10.0 Å². The highest BCUT2D eigenvalue weighted by molar-refractivity contribution is 5.95. The zero-order chi connectivity index (χ0) is 19.0. The Morgan fingerprint density at radius 3 is 2.70 bits per heavy atom. The van der Waals surface area contributed by atoms with Crippen LogP contribution in [0.4, 0.5) is 0 Å². The van der Waals surface area contributed by atoms with Crippen LogP contribution in [-0.2, 0) is 17.6 Å². The lowest BCUT2D eigenvalue weighted by atomic mass is 9.86. The number of amides is 1. The van der Waals surface area contributed by atoms with Gasteiger partial charge >= 0.3 is 5.97 Å². The Morgan fingerprint density at radius 1 is 1.15 bits per heavy atom. The molecule has 0 unspecified atom stereocenters. The summed E-state index contributed by atoms with van der Waals surface area (Å²) >= 11 is 0. The standard InChI is InChI=1S/C22H24N2O3/c1-14-6-2-4-8-17(14)18-12-24(13-19(18)22(26)27)21(25)16-10-15-7-3-5-9-20(15)23-11-16/h2,4,6,8,10-11,18-19H,3,5,7,9,12-13H2,1H3,(H,26,27)/t18-,19+/m0/s1. The van der Waals surface area contributed by atoms with E-state index in [4.69, 9.17) is 0 Å². The third-order valence-electron chi connectivity index (χ3n) is 5.93. The fourth-order valence-electron chi connectivity index (χ4n) is 4.43. The van der Waals surface area contributed by atoms with Gasteiger partial charge in [-0.2, -0.15) is 0 Å². The molecule has 1 aromatic heterocycles. The van der Waals surface area contributed by atoms with E-state index >= 15 is 0 Å². The van der Waals surface area contributed by atoms with Crippen LogP contribution in [0.25, 0.3) is 0 Å². The van der Waals surface area contributed by atoms with E-state index in [-0.39, 0.29) is 18.4 Å². The number of hydrogen-bond acceptors (Lipinski definition) is 3. The van der Waals surface area contributed by atoms with Gasteiger partial charge in [0.1, 0.15) is 0 Å². The van der Waals surface area contributed by atoms with E-state index in [9.17, 15) is 14.7 Å². The number of pyridine rings is 1. The topological polar surface area (TPSA) is 70.5 Å². The van der Waals surface area contributed by atoms with E-state index in [1.54, 1.807) is 11.1 Å². The highest BCUT2D eigenvalue weighted by Gasteiger charge is 2.41. The molecule has 1 fully saturated rings. The number of fused-ring (bicyclic) bond motifs is 1. The van der Waals surface area contributed by atoms with Crippen LogP contribution in [0.15, 0.2) is 36.5 Å². The molecule has 1 amide bonds. The average Bonchev–Trinajstić information content (AvgIpc) is 3.13. The SMILES string of the molecule is Cc1ccccc1[C@@H]1CN(C(=O)c2cnc3c(c2)CCCC3)C[C@H]1C(=O)O. The summed E-state index contributed by atoms with van der Waals surface area (Å²) in [5, 5.41) is 9.71. The van der Waals surface area contributed by atoms with Crippen LogP contribution in [0.2, 0.25) is 0 Å². The van der Waals surface area contributed by atoms with Gasteiger partial charge in [0, 0.05) is 30.9 Å². The molecule has 0 bridgehead atoms. The van der Waals surface area contributed by atoms with Crippen molar-refractivity contribution in [3.05, 3.63) is 64.5 Å². The Labute approximate surface area is 159 Å². The van der Waals surface area contributed by atoms with Gasteiger partial charge in [0.2, 0.25) is 0 Å². The second-order valence-corrected chi connectivity index (χ2v) is 7.65. The van der Waals surface area contributed by atoms with Crippen LogP contribution in [-0.4, -0.2) is 40.0 Å². The number of carboxylic acid groups (broad SMARTS) is 1. The number of aryl methyl sites for hydroxylation is 3. The minimum Gasteiger partial charge on any atom is -0.481 e. The van der Waals surface area contributed by atoms with E-state index < -0.39 is 11.9 Å². The van der Waals surface area contributed by atoms with Crippen LogP contribution < -0.4 is 0 Å². The molecule has 2 aromatic rings. The first-order chi connectivity index (χ1) is 13.0. The Kier molecular flexibility index (Phi) is 4.68. The molecule has 1 saturated heterocycles. The number of rotatable bonds is 3. The molecule has 0 spiro atoms. The minimum atomic E-state index is -0.845. The molecule has 27 heavy (non-hydrogen) atoms. The van der Waals surface area contributed by atoms with Gasteiger partial charge in [-0.3, -0.25) is 14.6 Å². The summed E-state index contributed by atoms with van der Waals surface area (Å²) in [5.74, 6) is -1.72. The maximum atomic E-state index is 13.1. The zero-order valence-electron chi connectivity index (χ0n) is 15.5. The highest BCUT2D eigenvalue weighted by atomic mass is 16.4. The van der Waals surface area contributed by atoms with Crippen LogP contribution in [0.1, 0.15) is 51.5 Å². The Balaban J connectivity index is 1.60. The normalized spacial score (nSPS) is 21.7. The monoisotopic (exact) mass is 364 g/mol. The zero-order valence-corrected chi connectivity index (χ0v) is 15.5. The highest BCUT2D eigenvalue weighted by Crippen LogP contribution is 2.35. The van der Waals surface area contributed by atoms with Crippen molar-refractivity contribution in [2.24, 2.45) is 5.92 Å². The number of carboxylic acids is 1. The molecule has 0 radical (unpaired) electrons. The Morgan fingerprint density at radius 2 is 1.93 bits per heavy atom. The molecule has 0 saturated carbocycles. The van der Waals surface area contributed by atoms with Crippen molar-refractivity contribution in [2.45, 2.75) is 38.5 Å². The quantitative estimate of drug-likeness (QED) is 0.908. The van der Waals surface area contributed by atoms with Crippen molar-refractivity contribution >= 4 is 11.9 Å². The van der Waals surface area contributed by atoms with Gasteiger partial charge in [0.05, 0.1) is 11.5 Å². The van der Waals surface area contributed by atoms with Gasteiger partial charge in [0.25, 0.3) is 5.91 Å². The van der Waals surface area contributed by atoms with Crippen LogP contribution in [0.3, 0.4) is 0 Å². The van der Waals surface area contributed by atoms with E-state index in [1.165, 1.54) is 0 Å². The predicted molar refractivity (Wildman–Crippen MR) is 102 cm³/mol. The predicted octanol–water partition coefficient (Wildman–Crippen LogP) is 3.21. The lowest BCUT2D eigenvalue weighted by molar-refractivity contribution is -0.141. The van der Waals surface area contributed by atoms with E-state index in [2.05, 4.69) is 4.98 Å². The Bertz CT molecular complexity index is 893. The van der Waals surface area contributed by atoms with Crippen molar-refractivity contribution in [2.75, 3.05) is 13.1 Å². The number of aliphatic carboxylic acids is 1. The molecule has 5 heteroatoms. The first-order valence-corrected chi connectivity index (χ1v) is 9.60. The molecule has 1 N–H and O–H groups in total. The largest absolute Gasteiger partial charge is 0.481 e. The summed E-state index contributed by atoms with van der Waals surface area (Å²) < 4.78 is 0. The lowest BCUT2D eigenvalue weighted by Crippen LogP contribution is -2.30. The van der Waals surface area contributed by atoms with Crippen LogP contribution in [0, 0.1) is 12.8 Å². The summed E-state index contributed by atoms with van der Waals surface area (Å²) in [7, 11) is 0. The third kappa shape index (κ3) is 3.34. The lowest BCUT2D eigenvalue weighted by Gasteiger charge is -2.19. The molecular weight excluding hydrogens is 340 g/mol. The van der Waals surface area contributed by atoms with Gasteiger partial charge in [-0.25, -0.2) is 0 Å². The smallest absolute Gasteiger partial charge is 0.308 e. The van der Waals surface area contributed by atoms with E-state index in [1.807, 2.05) is 37.3 Å². The van der Waals surface area contributed by atoms with Crippen molar-refractivity contribution in [3.8, 4) is 0 Å². The number of likely N-dealkylation sites (tertiary alicyclic amines) is 1. The van der Waals surface area contributed by atoms with Crippen molar-refractivity contribution in [1.82, 2.24) is 9.88 Å². The van der Waals surface area contributed by atoms with Crippen molar-refractivity contribution in [3.63, 3.8) is 0 Å². The number of benzene rings is 1. The minimum absolute atomic E-state index is 0.113. The molecule has 1 aliphatic carbocycles. The average molecular weight is 364 g/mol. The van der Waals surface area contributed by atoms with Crippen LogP contribution >= 0.6 is 0 Å². The van der Waals surface area contributed by atoms with Crippen LogP contribution in [0.5, 0.6) is 0 Å². The number of carbonyl (C=O) groups excluding carboxylic acids is 1. The molecular formula is C22H24N2O3. The summed E-state index contributed by atoms with van der Waals surface area (Å²) in [6.07, 6.45) is 5.88. The number of hydrogen-bond donors (Lipinski definition) is 1. The number of aromatic nitrogens is 1. The van der Waals surface area contributed by atoms with Crippen molar-refractivity contribution in [1.29, 1.82) is 0 Å². The molecule has 140 valence electrons. The molecule has 4 rings (SSSR count). The van der Waals surface area contributed by atoms with Crippen molar-refractivity contribution < 1.29 is 14.7 Å². The fourth-order valence-corrected chi connectivity index (χ4v) is 4.43. The summed E-state index contributed by atoms with van der Waals surface area (Å²) in [5.41, 5.74) is 4.92. The first kappa shape index (κ1) is 17.7. The van der Waals surface area contributed by atoms with E-state index in [0.717, 1.165) is 48.1 Å². The molecule has 1 aromatic carbocycles. The first-order valence-electron chi connectivity index (χ1n) is 9.60. The molecule has 1 aliphatic heterocycles. The van der Waals surface area contributed by atoms with Gasteiger partial charge in [-0.15, -0.1) is 0 Å². The van der Waals surface area contributed by atoms with Gasteiger partial charge in [-0.05, 0) is 55.4 Å². The maximum Gasteiger partial charge on any atom is 0.308 e. The third-order valence-corrected chi connectivity index (χ3v) is 5.93. The summed E-state index contributed by atoms with van der Waals surface area (Å²) in [6.45, 7) is 2.66. The Hall–Kier alpha value is -2.69. The molecule has 2 aliphatic rings. The van der Waals surface area contributed by atoms with E-state index in [0.29, 0.717) is 12.1 Å². The number of carbonyl (C=O) groups is 2.